The fraction of sp³-hybridized carbons (Fsp3) is 0.643. The summed E-state index contributed by atoms with van der Waals surface area (Å²) in [5.41, 5.74) is 0.874. The second-order valence-electron chi connectivity index (χ2n) is 4.66. The third kappa shape index (κ3) is 4.16. The first-order valence-electron chi connectivity index (χ1n) is 7.14. The Labute approximate surface area is 121 Å². The third-order valence-electron chi connectivity index (χ3n) is 3.50. The molecular formula is C14H25N5O. The van der Waals surface area contributed by atoms with Gasteiger partial charge in [0.1, 0.15) is 6.33 Å². The van der Waals surface area contributed by atoms with Crippen molar-refractivity contribution in [1.29, 1.82) is 0 Å². The number of piperidine rings is 1. The average Bonchev–Trinajstić information content (AvgIpc) is 2.50. The summed E-state index contributed by atoms with van der Waals surface area (Å²) in [6.45, 7) is 6.19. The van der Waals surface area contributed by atoms with Crippen LogP contribution in [0.3, 0.4) is 0 Å². The van der Waals surface area contributed by atoms with E-state index in [1.54, 1.807) is 6.20 Å². The highest BCUT2D eigenvalue weighted by Gasteiger charge is 2.22. The first kappa shape index (κ1) is 16.4. The maximum atomic E-state index is 10.6. The molecule has 6 nitrogen and oxygen atoms in total. The number of amides is 1. The molecule has 1 amide bonds. The minimum Gasteiger partial charge on any atom is -0.367 e. The molecule has 1 fully saturated rings. The zero-order valence-electron chi connectivity index (χ0n) is 12.8. The molecule has 0 saturated carbocycles. The first-order valence-corrected chi connectivity index (χ1v) is 7.14. The Hall–Kier alpha value is -1.69. The van der Waals surface area contributed by atoms with Crippen molar-refractivity contribution < 1.29 is 4.79 Å². The number of likely N-dealkylation sites (tertiary alicyclic amines) is 1. The standard InChI is InChI=1S/C12H19N5O.C2H6/c1-16-5-3-10(4-6-16)17(2)11-7-13-8-14-12(11)15-9-18;1-2/h7-10H,3-6H2,1-2H3,(H,13,14,15,18);1-2H3. The van der Waals surface area contributed by atoms with Crippen molar-refractivity contribution in [1.82, 2.24) is 14.9 Å². The SMILES string of the molecule is CC.CN1CCC(N(C)c2cncnc2NC=O)CC1. The van der Waals surface area contributed by atoms with Crippen LogP contribution in [0, 0.1) is 0 Å². The number of rotatable bonds is 4. The molecule has 6 heteroatoms. The molecule has 1 aromatic rings. The van der Waals surface area contributed by atoms with Gasteiger partial charge in [-0.25, -0.2) is 9.97 Å². The number of nitrogens with zero attached hydrogens (tertiary/aromatic N) is 4. The number of hydrogen-bond donors (Lipinski definition) is 1. The van der Waals surface area contributed by atoms with Crippen LogP contribution in [0.1, 0.15) is 26.7 Å². The number of hydrogen-bond acceptors (Lipinski definition) is 5. The molecule has 0 unspecified atom stereocenters. The van der Waals surface area contributed by atoms with E-state index in [1.807, 2.05) is 20.9 Å². The topological polar surface area (TPSA) is 61.4 Å². The Morgan fingerprint density at radius 1 is 1.40 bits per heavy atom. The van der Waals surface area contributed by atoms with Crippen LogP contribution in [-0.4, -0.2) is 54.5 Å². The van der Waals surface area contributed by atoms with Crippen molar-refractivity contribution in [3.05, 3.63) is 12.5 Å². The van der Waals surface area contributed by atoms with E-state index >= 15 is 0 Å². The maximum Gasteiger partial charge on any atom is 0.212 e. The van der Waals surface area contributed by atoms with Crippen LogP contribution >= 0.6 is 0 Å². The Bertz CT molecular complexity index is 404. The maximum absolute atomic E-state index is 10.6. The molecular weight excluding hydrogens is 254 g/mol. The van der Waals surface area contributed by atoms with Crippen molar-refractivity contribution in [2.45, 2.75) is 32.7 Å². The normalized spacial score (nSPS) is 16.0. The Morgan fingerprint density at radius 2 is 2.05 bits per heavy atom. The number of carbonyl (C=O) groups excluding carboxylic acids is 1. The summed E-state index contributed by atoms with van der Waals surface area (Å²) >= 11 is 0. The molecule has 1 aliphatic rings. The Balaban J connectivity index is 0.000000956. The van der Waals surface area contributed by atoms with E-state index in [2.05, 4.69) is 32.1 Å². The van der Waals surface area contributed by atoms with Gasteiger partial charge in [0.05, 0.1) is 11.9 Å². The van der Waals surface area contributed by atoms with Crippen molar-refractivity contribution in [2.24, 2.45) is 0 Å². The minimum absolute atomic E-state index is 0.472. The summed E-state index contributed by atoms with van der Waals surface area (Å²) in [7, 11) is 4.17. The van der Waals surface area contributed by atoms with Gasteiger partial charge in [-0.15, -0.1) is 0 Å². The van der Waals surface area contributed by atoms with Crippen LogP contribution < -0.4 is 10.2 Å². The van der Waals surface area contributed by atoms with Gasteiger partial charge in [0.25, 0.3) is 0 Å². The van der Waals surface area contributed by atoms with Crippen LogP contribution in [0.4, 0.5) is 11.5 Å². The number of nitrogens with one attached hydrogen (secondary N) is 1. The molecule has 0 atom stereocenters. The van der Waals surface area contributed by atoms with Crippen molar-refractivity contribution in [3.63, 3.8) is 0 Å². The highest BCUT2D eigenvalue weighted by Crippen LogP contribution is 2.25. The monoisotopic (exact) mass is 279 g/mol. The molecule has 1 N–H and O–H groups in total. The van der Waals surface area contributed by atoms with Crippen molar-refractivity contribution in [2.75, 3.05) is 37.4 Å². The molecule has 1 saturated heterocycles. The van der Waals surface area contributed by atoms with Crippen molar-refractivity contribution >= 4 is 17.9 Å². The largest absolute Gasteiger partial charge is 0.367 e. The van der Waals surface area contributed by atoms with Crippen LogP contribution in [0.5, 0.6) is 0 Å². The summed E-state index contributed by atoms with van der Waals surface area (Å²) in [6.07, 6.45) is 6.06. The molecule has 1 aliphatic heterocycles. The quantitative estimate of drug-likeness (QED) is 0.848. The molecule has 0 aliphatic carbocycles. The van der Waals surface area contributed by atoms with Gasteiger partial charge in [-0.3, -0.25) is 4.79 Å². The summed E-state index contributed by atoms with van der Waals surface area (Å²) < 4.78 is 0. The lowest BCUT2D eigenvalue weighted by atomic mass is 10.0. The van der Waals surface area contributed by atoms with Crippen LogP contribution in [0.15, 0.2) is 12.5 Å². The summed E-state index contributed by atoms with van der Waals surface area (Å²) in [4.78, 5) is 23.2. The third-order valence-corrected chi connectivity index (χ3v) is 3.50. The van der Waals surface area contributed by atoms with Gasteiger partial charge in [0.2, 0.25) is 6.41 Å². The van der Waals surface area contributed by atoms with E-state index in [4.69, 9.17) is 0 Å². The number of carbonyl (C=O) groups is 1. The molecule has 0 radical (unpaired) electrons. The first-order chi connectivity index (χ1) is 9.72. The zero-order valence-corrected chi connectivity index (χ0v) is 12.8. The molecule has 1 aromatic heterocycles. The summed E-state index contributed by atoms with van der Waals surface area (Å²) in [6, 6.07) is 0.472. The average molecular weight is 279 g/mol. The molecule has 2 rings (SSSR count). The predicted octanol–water partition coefficient (Wildman–Crippen LogP) is 1.60. The second kappa shape index (κ2) is 8.47. The highest BCUT2D eigenvalue weighted by atomic mass is 16.1. The Morgan fingerprint density at radius 3 is 2.65 bits per heavy atom. The number of aromatic nitrogens is 2. The van der Waals surface area contributed by atoms with Gasteiger partial charge >= 0.3 is 0 Å². The molecule has 20 heavy (non-hydrogen) atoms. The van der Waals surface area contributed by atoms with E-state index in [0.29, 0.717) is 18.3 Å². The van der Waals surface area contributed by atoms with E-state index in [-0.39, 0.29) is 0 Å². The summed E-state index contributed by atoms with van der Waals surface area (Å²) in [5.74, 6) is 0.571. The Kier molecular flexibility index (Phi) is 6.93. The molecule has 0 spiro atoms. The fourth-order valence-electron chi connectivity index (χ4n) is 2.33. The minimum atomic E-state index is 0.472. The van der Waals surface area contributed by atoms with E-state index in [1.165, 1.54) is 6.33 Å². The molecule has 0 bridgehead atoms. The predicted molar refractivity (Wildman–Crippen MR) is 82.0 cm³/mol. The van der Waals surface area contributed by atoms with Gasteiger partial charge in [0.15, 0.2) is 5.82 Å². The smallest absolute Gasteiger partial charge is 0.212 e. The van der Waals surface area contributed by atoms with E-state index in [0.717, 1.165) is 31.6 Å². The van der Waals surface area contributed by atoms with Gasteiger partial charge < -0.3 is 15.1 Å². The lowest BCUT2D eigenvalue weighted by Crippen LogP contribution is -2.42. The summed E-state index contributed by atoms with van der Waals surface area (Å²) in [5, 5.41) is 2.62. The number of anilines is 2. The van der Waals surface area contributed by atoms with Crippen molar-refractivity contribution in [3.8, 4) is 0 Å². The highest BCUT2D eigenvalue weighted by molar-refractivity contribution is 5.77. The molecule has 2 heterocycles. The lowest BCUT2D eigenvalue weighted by molar-refractivity contribution is -0.105. The van der Waals surface area contributed by atoms with E-state index in [9.17, 15) is 4.79 Å². The fourth-order valence-corrected chi connectivity index (χ4v) is 2.33. The zero-order chi connectivity index (χ0) is 15.0. The van der Waals surface area contributed by atoms with Crippen LogP contribution in [0.2, 0.25) is 0 Å². The van der Waals surface area contributed by atoms with Gasteiger partial charge in [0, 0.05) is 13.1 Å². The van der Waals surface area contributed by atoms with Gasteiger partial charge in [-0.05, 0) is 33.0 Å². The lowest BCUT2D eigenvalue weighted by Gasteiger charge is -2.36. The van der Waals surface area contributed by atoms with Gasteiger partial charge in [-0.1, -0.05) is 13.8 Å². The second-order valence-corrected chi connectivity index (χ2v) is 4.66. The molecule has 0 aromatic carbocycles. The van der Waals surface area contributed by atoms with Gasteiger partial charge in [-0.2, -0.15) is 0 Å². The van der Waals surface area contributed by atoms with E-state index < -0.39 is 0 Å². The van der Waals surface area contributed by atoms with Crippen LogP contribution in [0.25, 0.3) is 0 Å². The van der Waals surface area contributed by atoms with Crippen LogP contribution in [-0.2, 0) is 4.79 Å². The molecule has 112 valence electrons.